The highest BCUT2D eigenvalue weighted by Crippen LogP contribution is 2.51. The summed E-state index contributed by atoms with van der Waals surface area (Å²) in [7, 11) is 1.44. The van der Waals surface area contributed by atoms with E-state index in [1.807, 2.05) is 31.2 Å². The van der Waals surface area contributed by atoms with Gasteiger partial charge in [-0.15, -0.1) is 0 Å². The Morgan fingerprint density at radius 2 is 1.95 bits per heavy atom. The topological polar surface area (TPSA) is 135 Å². The Morgan fingerprint density at radius 3 is 2.59 bits per heavy atom. The smallest absolute Gasteiger partial charge is 0.249 e. The van der Waals surface area contributed by atoms with Crippen molar-refractivity contribution < 1.29 is 38.8 Å². The normalized spacial score (nSPS) is 21.2. The Hall–Kier alpha value is -3.73. The third kappa shape index (κ3) is 5.83. The molecule has 0 spiro atoms. The summed E-state index contributed by atoms with van der Waals surface area (Å²) in [5.74, 6) is -0.948. The molecule has 0 aromatic heterocycles. The number of aldehydes is 1. The van der Waals surface area contributed by atoms with Gasteiger partial charge < -0.3 is 34.6 Å². The van der Waals surface area contributed by atoms with Gasteiger partial charge in [-0.1, -0.05) is 29.8 Å². The number of aliphatic hydroxyl groups excluding tert-OH is 2. The van der Waals surface area contributed by atoms with Crippen molar-refractivity contribution in [1.82, 2.24) is 10.2 Å². The summed E-state index contributed by atoms with van der Waals surface area (Å²) in [5.41, 5.74) is 3.01. The highest BCUT2D eigenvalue weighted by atomic mass is 16.5. The number of benzene rings is 2. The molecule has 2 amide bonds. The maximum atomic E-state index is 13.4. The van der Waals surface area contributed by atoms with Gasteiger partial charge in [0.15, 0.2) is 11.5 Å². The van der Waals surface area contributed by atoms with E-state index in [1.165, 1.54) is 18.1 Å². The van der Waals surface area contributed by atoms with Gasteiger partial charge in [-0.05, 0) is 37.6 Å². The van der Waals surface area contributed by atoms with Crippen LogP contribution >= 0.6 is 0 Å². The van der Waals surface area contributed by atoms with Crippen LogP contribution in [0.25, 0.3) is 0 Å². The average molecular weight is 539 g/mol. The first kappa shape index (κ1) is 28.3. The van der Waals surface area contributed by atoms with Crippen LogP contribution in [0.2, 0.25) is 0 Å². The predicted octanol–water partition coefficient (Wildman–Crippen LogP) is 1.50. The molecule has 1 aliphatic carbocycles. The number of nitrogens with one attached hydrogen (secondary N) is 1. The minimum atomic E-state index is -1.22. The SMILES string of the molecule is CCOCC(=O)N(Cc1ccc(C)cc1)[C@@H]1C=C(C(=O)NCCO)[C@@H]2c3cc(C=O)cc(OC)c3O[C@@H]2[C@H]1O. The van der Waals surface area contributed by atoms with E-state index >= 15 is 0 Å². The van der Waals surface area contributed by atoms with E-state index in [0.717, 1.165) is 11.1 Å². The third-order valence-corrected chi connectivity index (χ3v) is 6.99. The van der Waals surface area contributed by atoms with Crippen LogP contribution < -0.4 is 14.8 Å². The van der Waals surface area contributed by atoms with Gasteiger partial charge in [0.25, 0.3) is 0 Å². The van der Waals surface area contributed by atoms with Crippen molar-refractivity contribution in [3.05, 3.63) is 70.3 Å². The number of hydrogen-bond acceptors (Lipinski definition) is 8. The molecule has 0 bridgehead atoms. The number of ether oxygens (including phenoxy) is 3. The maximum Gasteiger partial charge on any atom is 0.249 e. The Morgan fingerprint density at radius 1 is 1.21 bits per heavy atom. The van der Waals surface area contributed by atoms with Crippen LogP contribution in [-0.2, 0) is 20.9 Å². The molecule has 0 fully saturated rings. The van der Waals surface area contributed by atoms with Crippen molar-refractivity contribution in [2.45, 2.75) is 44.6 Å². The number of aryl methyl sites for hydroxylation is 1. The number of fused-ring (bicyclic) bond motifs is 3. The summed E-state index contributed by atoms with van der Waals surface area (Å²) in [6.45, 7) is 3.81. The minimum Gasteiger partial charge on any atom is -0.493 e. The van der Waals surface area contributed by atoms with Gasteiger partial charge in [-0.3, -0.25) is 14.4 Å². The highest BCUT2D eigenvalue weighted by Gasteiger charge is 2.51. The molecular formula is C29H34N2O8. The number of amides is 2. The first-order valence-corrected chi connectivity index (χ1v) is 12.9. The summed E-state index contributed by atoms with van der Waals surface area (Å²) >= 11 is 0. The number of methoxy groups -OCH3 is 1. The molecule has 0 saturated carbocycles. The van der Waals surface area contributed by atoms with Crippen LogP contribution in [0.4, 0.5) is 0 Å². The second-order valence-corrected chi connectivity index (χ2v) is 9.55. The van der Waals surface area contributed by atoms with Crippen LogP contribution in [-0.4, -0.2) is 84.9 Å². The molecule has 2 aromatic carbocycles. The van der Waals surface area contributed by atoms with Gasteiger partial charge in [0.1, 0.15) is 25.1 Å². The molecular weight excluding hydrogens is 504 g/mol. The molecule has 10 nitrogen and oxygen atoms in total. The van der Waals surface area contributed by atoms with E-state index in [2.05, 4.69) is 5.32 Å². The van der Waals surface area contributed by atoms with Crippen molar-refractivity contribution in [3.63, 3.8) is 0 Å². The molecule has 0 radical (unpaired) electrons. The zero-order valence-corrected chi connectivity index (χ0v) is 22.3. The van der Waals surface area contributed by atoms with Crippen LogP contribution in [0.1, 0.15) is 39.9 Å². The van der Waals surface area contributed by atoms with E-state index in [-0.39, 0.29) is 37.8 Å². The molecule has 10 heteroatoms. The van der Waals surface area contributed by atoms with Crippen LogP contribution in [0.3, 0.4) is 0 Å². The standard InChI is InChI=1S/C29H34N2O8/c1-4-38-16-24(34)31(14-18-7-5-17(2)6-8-18)22-13-21(29(36)30-9-10-32)25-20-11-19(15-33)12-23(37-3)27(20)39-28(25)26(22)35/h5-8,11-13,15,22,25-26,28,32,35H,4,9-10,14,16H2,1-3H3,(H,30,36)/t22-,25+,26+,28+/m1/s1. The monoisotopic (exact) mass is 538 g/mol. The maximum absolute atomic E-state index is 13.4. The van der Waals surface area contributed by atoms with Gasteiger partial charge in [-0.25, -0.2) is 0 Å². The summed E-state index contributed by atoms with van der Waals surface area (Å²) in [4.78, 5) is 39.9. The molecule has 1 heterocycles. The highest BCUT2D eigenvalue weighted by molar-refractivity contribution is 5.96. The number of hydrogen-bond donors (Lipinski definition) is 3. The zero-order valence-electron chi connectivity index (χ0n) is 22.3. The summed E-state index contributed by atoms with van der Waals surface area (Å²) < 4.78 is 17.1. The number of rotatable bonds is 11. The largest absolute Gasteiger partial charge is 0.493 e. The minimum absolute atomic E-state index is 0.0164. The Kier molecular flexibility index (Phi) is 9.01. The lowest BCUT2D eigenvalue weighted by molar-refractivity contribution is -0.142. The fraction of sp³-hybridized carbons (Fsp3) is 0.414. The van der Waals surface area contributed by atoms with E-state index < -0.39 is 30.1 Å². The van der Waals surface area contributed by atoms with Gasteiger partial charge in [0.2, 0.25) is 11.8 Å². The Labute approximate surface area is 227 Å². The number of aliphatic hydroxyl groups is 2. The van der Waals surface area contributed by atoms with Crippen molar-refractivity contribution in [1.29, 1.82) is 0 Å². The Balaban J connectivity index is 1.80. The van der Waals surface area contributed by atoms with E-state index in [0.29, 0.717) is 35.5 Å². The van der Waals surface area contributed by atoms with Crippen LogP contribution in [0.15, 0.2) is 48.0 Å². The van der Waals surface area contributed by atoms with Crippen LogP contribution in [0.5, 0.6) is 11.5 Å². The Bertz CT molecular complexity index is 1240. The van der Waals surface area contributed by atoms with Gasteiger partial charge in [0, 0.05) is 36.4 Å². The summed E-state index contributed by atoms with van der Waals surface area (Å²) in [5, 5.41) is 23.6. The number of nitrogens with zero attached hydrogens (tertiary/aromatic N) is 1. The number of carbonyl (C=O) groups is 3. The summed E-state index contributed by atoms with van der Waals surface area (Å²) in [6, 6.07) is 9.89. The first-order chi connectivity index (χ1) is 18.8. The van der Waals surface area contributed by atoms with Crippen molar-refractivity contribution >= 4 is 18.1 Å². The second-order valence-electron chi connectivity index (χ2n) is 9.55. The lowest BCUT2D eigenvalue weighted by Gasteiger charge is -2.40. The molecule has 0 unspecified atom stereocenters. The molecule has 4 atom stereocenters. The molecule has 39 heavy (non-hydrogen) atoms. The van der Waals surface area contributed by atoms with Gasteiger partial charge in [0.05, 0.1) is 25.7 Å². The fourth-order valence-electron chi connectivity index (χ4n) is 5.08. The van der Waals surface area contributed by atoms with E-state index in [4.69, 9.17) is 14.2 Å². The van der Waals surface area contributed by atoms with Crippen LogP contribution in [0, 0.1) is 6.92 Å². The lowest BCUT2D eigenvalue weighted by atomic mass is 9.77. The first-order valence-electron chi connectivity index (χ1n) is 12.9. The fourth-order valence-corrected chi connectivity index (χ4v) is 5.08. The zero-order chi connectivity index (χ0) is 28.1. The molecule has 1 aliphatic heterocycles. The van der Waals surface area contributed by atoms with Crippen molar-refractivity contribution in [3.8, 4) is 11.5 Å². The molecule has 2 aromatic rings. The van der Waals surface area contributed by atoms with Crippen molar-refractivity contribution in [2.75, 3.05) is 33.5 Å². The molecule has 3 N–H and O–H groups in total. The summed E-state index contributed by atoms with van der Waals surface area (Å²) in [6.07, 6.45) is 0.0800. The van der Waals surface area contributed by atoms with E-state index in [1.54, 1.807) is 19.1 Å². The van der Waals surface area contributed by atoms with E-state index in [9.17, 15) is 24.6 Å². The molecule has 4 rings (SSSR count). The third-order valence-electron chi connectivity index (χ3n) is 6.99. The van der Waals surface area contributed by atoms with Gasteiger partial charge >= 0.3 is 0 Å². The second kappa shape index (κ2) is 12.4. The van der Waals surface area contributed by atoms with Gasteiger partial charge in [-0.2, -0.15) is 0 Å². The molecule has 0 saturated heterocycles. The predicted molar refractivity (Wildman–Crippen MR) is 142 cm³/mol. The quantitative estimate of drug-likeness (QED) is 0.367. The lowest BCUT2D eigenvalue weighted by Crippen LogP contribution is -2.56. The van der Waals surface area contributed by atoms with Crippen molar-refractivity contribution in [2.24, 2.45) is 0 Å². The molecule has 208 valence electrons. The average Bonchev–Trinajstić information content (AvgIpc) is 3.34. The number of carbonyl (C=O) groups excluding carboxylic acids is 3. The molecule has 2 aliphatic rings.